The molecule has 0 saturated carbocycles. The van der Waals surface area contributed by atoms with Crippen LogP contribution in [0.2, 0.25) is 0 Å². The summed E-state index contributed by atoms with van der Waals surface area (Å²) in [5, 5.41) is 7.27. The van der Waals surface area contributed by atoms with Crippen LogP contribution in [0.1, 0.15) is 43.9 Å². The van der Waals surface area contributed by atoms with Crippen LogP contribution in [0.4, 0.5) is 8.78 Å². The number of esters is 1. The Morgan fingerprint density at radius 3 is 2.50 bits per heavy atom. The fraction of sp³-hybridized carbons (Fsp3) is 0.727. The maximum Gasteiger partial charge on any atom is 0.360 e. The molecule has 0 N–H and O–H groups in total. The number of hydrogen-bond acceptors (Lipinski definition) is 4. The van der Waals surface area contributed by atoms with E-state index in [1.54, 1.807) is 27.7 Å². The predicted octanol–water partition coefficient (Wildman–Crippen LogP) is 2.02. The van der Waals surface area contributed by atoms with E-state index in [0.717, 1.165) is 4.68 Å². The topological polar surface area (TPSA) is 57.0 Å². The third-order valence-corrected chi connectivity index (χ3v) is 2.23. The van der Waals surface area contributed by atoms with Crippen molar-refractivity contribution in [2.24, 2.45) is 0 Å². The zero-order valence-corrected chi connectivity index (χ0v) is 10.9. The van der Waals surface area contributed by atoms with Gasteiger partial charge in [-0.05, 0) is 6.92 Å². The van der Waals surface area contributed by atoms with Crippen LogP contribution >= 0.6 is 0 Å². The van der Waals surface area contributed by atoms with Crippen LogP contribution in [-0.4, -0.2) is 34.0 Å². The normalized spacial score (nSPS) is 11.9. The highest BCUT2D eigenvalue weighted by Crippen LogP contribution is 2.25. The lowest BCUT2D eigenvalue weighted by atomic mass is 9.90. The molecule has 102 valence electrons. The Morgan fingerprint density at radius 2 is 2.06 bits per heavy atom. The molecule has 1 heterocycles. The fourth-order valence-corrected chi connectivity index (χ4v) is 1.65. The van der Waals surface area contributed by atoms with Crippen molar-refractivity contribution in [2.75, 3.05) is 6.61 Å². The monoisotopic (exact) mass is 261 g/mol. The minimum absolute atomic E-state index is 0.00463. The highest BCUT2D eigenvalue weighted by Gasteiger charge is 2.30. The van der Waals surface area contributed by atoms with Crippen molar-refractivity contribution in [1.29, 1.82) is 0 Å². The average molecular weight is 261 g/mol. The number of alkyl halides is 2. The summed E-state index contributed by atoms with van der Waals surface area (Å²) in [5.74, 6) is -0.636. The van der Waals surface area contributed by atoms with E-state index in [-0.39, 0.29) is 12.3 Å². The first kappa shape index (κ1) is 14.5. The van der Waals surface area contributed by atoms with Gasteiger partial charge in [0.2, 0.25) is 0 Å². The number of hydrogen-bond donors (Lipinski definition) is 0. The first-order valence-corrected chi connectivity index (χ1v) is 5.66. The molecule has 1 rings (SSSR count). The van der Waals surface area contributed by atoms with E-state index < -0.39 is 24.4 Å². The van der Waals surface area contributed by atoms with Crippen molar-refractivity contribution in [3.63, 3.8) is 0 Å². The van der Waals surface area contributed by atoms with Crippen molar-refractivity contribution in [1.82, 2.24) is 15.0 Å². The Morgan fingerprint density at radius 1 is 1.44 bits per heavy atom. The summed E-state index contributed by atoms with van der Waals surface area (Å²) in [4.78, 5) is 11.7. The van der Waals surface area contributed by atoms with Gasteiger partial charge in [0.25, 0.3) is 6.43 Å². The molecule has 5 nitrogen and oxygen atoms in total. The number of carbonyl (C=O) groups is 1. The van der Waals surface area contributed by atoms with Crippen molar-refractivity contribution >= 4 is 5.97 Å². The van der Waals surface area contributed by atoms with Gasteiger partial charge in [-0.25, -0.2) is 18.3 Å². The molecule has 7 heteroatoms. The Bertz CT molecular complexity index is 424. The van der Waals surface area contributed by atoms with E-state index in [1.165, 1.54) is 0 Å². The SMILES string of the molecule is CCOC(=O)c1nnn(CC(F)F)c1C(C)(C)C. The van der Waals surface area contributed by atoms with Crippen LogP contribution in [-0.2, 0) is 16.7 Å². The molecule has 0 aromatic carbocycles. The lowest BCUT2D eigenvalue weighted by molar-refractivity contribution is 0.0515. The van der Waals surface area contributed by atoms with E-state index in [9.17, 15) is 13.6 Å². The van der Waals surface area contributed by atoms with Gasteiger partial charge in [0, 0.05) is 5.41 Å². The van der Waals surface area contributed by atoms with E-state index in [4.69, 9.17) is 4.74 Å². The van der Waals surface area contributed by atoms with E-state index in [1.807, 2.05) is 0 Å². The Labute approximate surface area is 104 Å². The Kier molecular flexibility index (Phi) is 4.37. The molecule has 1 aromatic rings. The lowest BCUT2D eigenvalue weighted by Gasteiger charge is -2.20. The molecule has 0 radical (unpaired) electrons. The number of carbonyl (C=O) groups excluding carboxylic acids is 1. The zero-order chi connectivity index (χ0) is 13.9. The summed E-state index contributed by atoms with van der Waals surface area (Å²) < 4.78 is 30.8. The molecule has 0 fully saturated rings. The van der Waals surface area contributed by atoms with Gasteiger partial charge in [-0.3, -0.25) is 0 Å². The minimum Gasteiger partial charge on any atom is -0.461 e. The molecule has 0 amide bonds. The third-order valence-electron chi connectivity index (χ3n) is 2.23. The number of rotatable bonds is 4. The van der Waals surface area contributed by atoms with Crippen molar-refractivity contribution in [2.45, 2.75) is 46.1 Å². The first-order valence-electron chi connectivity index (χ1n) is 5.66. The average Bonchev–Trinajstić information content (AvgIpc) is 2.60. The summed E-state index contributed by atoms with van der Waals surface area (Å²) >= 11 is 0. The molecule has 0 aliphatic heterocycles. The predicted molar refractivity (Wildman–Crippen MR) is 60.7 cm³/mol. The Balaban J connectivity index is 3.20. The van der Waals surface area contributed by atoms with Crippen LogP contribution < -0.4 is 0 Å². The summed E-state index contributed by atoms with van der Waals surface area (Å²) in [5.41, 5.74) is -0.160. The zero-order valence-electron chi connectivity index (χ0n) is 10.9. The van der Waals surface area contributed by atoms with Gasteiger partial charge in [-0.2, -0.15) is 0 Å². The molecule has 0 unspecified atom stereocenters. The van der Waals surface area contributed by atoms with Gasteiger partial charge in [0.05, 0.1) is 12.3 Å². The first-order chi connectivity index (χ1) is 8.27. The van der Waals surface area contributed by atoms with Gasteiger partial charge in [-0.15, -0.1) is 5.10 Å². The molecule has 0 spiro atoms. The van der Waals surface area contributed by atoms with Gasteiger partial charge in [-0.1, -0.05) is 26.0 Å². The summed E-state index contributed by atoms with van der Waals surface area (Å²) in [6, 6.07) is 0. The highest BCUT2D eigenvalue weighted by molar-refractivity contribution is 5.88. The highest BCUT2D eigenvalue weighted by atomic mass is 19.3. The number of aromatic nitrogens is 3. The van der Waals surface area contributed by atoms with E-state index in [2.05, 4.69) is 10.3 Å². The quantitative estimate of drug-likeness (QED) is 0.778. The van der Waals surface area contributed by atoms with Crippen LogP contribution in [0, 0.1) is 0 Å². The van der Waals surface area contributed by atoms with Crippen LogP contribution in [0.15, 0.2) is 0 Å². The van der Waals surface area contributed by atoms with Crippen molar-refractivity contribution in [3.8, 4) is 0 Å². The maximum atomic E-state index is 12.4. The molecule has 0 atom stereocenters. The van der Waals surface area contributed by atoms with Gasteiger partial charge in [0.15, 0.2) is 5.69 Å². The molecule has 0 bridgehead atoms. The van der Waals surface area contributed by atoms with Gasteiger partial charge >= 0.3 is 5.97 Å². The number of halogens is 2. The molecule has 18 heavy (non-hydrogen) atoms. The molecule has 1 aromatic heterocycles. The summed E-state index contributed by atoms with van der Waals surface area (Å²) in [6.45, 7) is 6.69. The number of nitrogens with zero attached hydrogens (tertiary/aromatic N) is 3. The molecular weight excluding hydrogens is 244 g/mol. The second-order valence-electron chi connectivity index (χ2n) is 4.83. The van der Waals surface area contributed by atoms with Gasteiger partial charge in [0.1, 0.15) is 6.54 Å². The van der Waals surface area contributed by atoms with Crippen LogP contribution in [0.25, 0.3) is 0 Å². The van der Waals surface area contributed by atoms with Crippen LogP contribution in [0.3, 0.4) is 0 Å². The second kappa shape index (κ2) is 5.41. The van der Waals surface area contributed by atoms with E-state index >= 15 is 0 Å². The van der Waals surface area contributed by atoms with Crippen molar-refractivity contribution < 1.29 is 18.3 Å². The molecular formula is C11H17F2N3O2. The van der Waals surface area contributed by atoms with Gasteiger partial charge < -0.3 is 4.74 Å². The molecule has 0 saturated heterocycles. The molecule has 0 aliphatic carbocycles. The fourth-order valence-electron chi connectivity index (χ4n) is 1.65. The third kappa shape index (κ3) is 3.24. The smallest absolute Gasteiger partial charge is 0.360 e. The largest absolute Gasteiger partial charge is 0.461 e. The summed E-state index contributed by atoms with van der Waals surface area (Å²) in [6.07, 6.45) is -2.55. The Hall–Kier alpha value is -1.53. The lowest BCUT2D eigenvalue weighted by Crippen LogP contribution is -2.24. The second-order valence-corrected chi connectivity index (χ2v) is 4.83. The molecule has 0 aliphatic rings. The maximum absolute atomic E-state index is 12.4. The minimum atomic E-state index is -2.55. The van der Waals surface area contributed by atoms with Crippen LogP contribution in [0.5, 0.6) is 0 Å². The van der Waals surface area contributed by atoms with Crippen molar-refractivity contribution in [3.05, 3.63) is 11.4 Å². The standard InChI is InChI=1S/C11H17F2N3O2/c1-5-18-10(17)8-9(11(2,3)4)16(15-14-8)6-7(12)13/h7H,5-6H2,1-4H3. The summed E-state index contributed by atoms with van der Waals surface area (Å²) in [7, 11) is 0. The van der Waals surface area contributed by atoms with E-state index in [0.29, 0.717) is 5.69 Å². The number of ether oxygens (including phenoxy) is 1.